The van der Waals surface area contributed by atoms with Gasteiger partial charge in [-0.1, -0.05) is 19.1 Å². The fourth-order valence-corrected chi connectivity index (χ4v) is 3.43. The van der Waals surface area contributed by atoms with Gasteiger partial charge in [-0.25, -0.2) is 0 Å². The Balaban J connectivity index is 1.82. The second-order valence-corrected chi connectivity index (χ2v) is 6.21. The van der Waals surface area contributed by atoms with Crippen molar-refractivity contribution in [3.63, 3.8) is 0 Å². The van der Waals surface area contributed by atoms with E-state index in [4.69, 9.17) is 9.47 Å². The van der Waals surface area contributed by atoms with Gasteiger partial charge in [-0.3, -0.25) is 4.90 Å². The molecule has 22 heavy (non-hydrogen) atoms. The summed E-state index contributed by atoms with van der Waals surface area (Å²) >= 11 is 1.70. The maximum Gasteiger partial charge on any atom is 0.231 e. The van der Waals surface area contributed by atoms with E-state index in [1.54, 1.807) is 11.3 Å². The van der Waals surface area contributed by atoms with Crippen molar-refractivity contribution >= 4 is 11.3 Å². The summed E-state index contributed by atoms with van der Waals surface area (Å²) in [5.41, 5.74) is 2.39. The molecule has 0 saturated carbocycles. The average Bonchev–Trinajstić information content (AvgIpc) is 3.19. The van der Waals surface area contributed by atoms with E-state index >= 15 is 0 Å². The van der Waals surface area contributed by atoms with Crippen LogP contribution in [0.1, 0.15) is 24.5 Å². The molecule has 0 radical (unpaired) electrons. The van der Waals surface area contributed by atoms with Crippen LogP contribution in [0.25, 0.3) is 0 Å². The molecule has 1 aromatic carbocycles. The van der Waals surface area contributed by atoms with Crippen molar-refractivity contribution in [3.05, 3.63) is 46.2 Å². The third-order valence-electron chi connectivity index (χ3n) is 4.02. The summed E-state index contributed by atoms with van der Waals surface area (Å²) in [6, 6.07) is 8.26. The Kier molecular flexibility index (Phi) is 4.97. The second-order valence-electron chi connectivity index (χ2n) is 5.43. The molecule has 0 spiro atoms. The molecule has 5 heteroatoms. The Bertz CT molecular complexity index is 596. The molecule has 1 atom stereocenters. The largest absolute Gasteiger partial charge is 0.454 e. The highest BCUT2D eigenvalue weighted by atomic mass is 32.1. The van der Waals surface area contributed by atoms with Crippen molar-refractivity contribution < 1.29 is 14.6 Å². The first-order valence-corrected chi connectivity index (χ1v) is 8.49. The smallest absolute Gasteiger partial charge is 0.231 e. The van der Waals surface area contributed by atoms with E-state index in [9.17, 15) is 5.11 Å². The maximum atomic E-state index is 9.70. The van der Waals surface area contributed by atoms with Gasteiger partial charge in [0, 0.05) is 24.7 Å². The summed E-state index contributed by atoms with van der Waals surface area (Å²) < 4.78 is 11.1. The minimum absolute atomic E-state index is 0.137. The number of para-hydroxylation sites is 1. The zero-order chi connectivity index (χ0) is 15.4. The van der Waals surface area contributed by atoms with Gasteiger partial charge in [0.25, 0.3) is 0 Å². The molecule has 3 rings (SSSR count). The molecule has 0 bridgehead atoms. The highest BCUT2D eigenvalue weighted by molar-refractivity contribution is 7.07. The topological polar surface area (TPSA) is 41.9 Å². The first kappa shape index (κ1) is 15.3. The first-order chi connectivity index (χ1) is 10.8. The van der Waals surface area contributed by atoms with E-state index in [0.717, 1.165) is 36.6 Å². The van der Waals surface area contributed by atoms with E-state index in [2.05, 4.69) is 34.7 Å². The third kappa shape index (κ3) is 3.27. The van der Waals surface area contributed by atoms with Crippen LogP contribution in [-0.4, -0.2) is 29.4 Å². The maximum absolute atomic E-state index is 9.70. The van der Waals surface area contributed by atoms with E-state index < -0.39 is 0 Å². The minimum atomic E-state index is 0.137. The highest BCUT2D eigenvalue weighted by Gasteiger charge is 2.22. The zero-order valence-electron chi connectivity index (χ0n) is 12.7. The quantitative estimate of drug-likeness (QED) is 0.850. The van der Waals surface area contributed by atoms with Crippen molar-refractivity contribution in [1.82, 2.24) is 4.90 Å². The molecule has 1 aliphatic heterocycles. The lowest BCUT2D eigenvalue weighted by atomic mass is 10.1. The van der Waals surface area contributed by atoms with Gasteiger partial charge in [0.2, 0.25) is 6.79 Å². The lowest BCUT2D eigenvalue weighted by Crippen LogP contribution is -2.36. The van der Waals surface area contributed by atoms with Crippen molar-refractivity contribution in [2.24, 2.45) is 0 Å². The number of aliphatic hydroxyl groups excluding tert-OH is 1. The van der Waals surface area contributed by atoms with Gasteiger partial charge >= 0.3 is 0 Å². The molecular weight excluding hydrogens is 298 g/mol. The van der Waals surface area contributed by atoms with Crippen LogP contribution < -0.4 is 9.47 Å². The number of fused-ring (bicyclic) bond motifs is 1. The Morgan fingerprint density at radius 3 is 2.91 bits per heavy atom. The fraction of sp³-hybridized carbons (Fsp3) is 0.412. The van der Waals surface area contributed by atoms with Crippen LogP contribution >= 0.6 is 11.3 Å². The van der Waals surface area contributed by atoms with Crippen LogP contribution in [0.15, 0.2) is 35.0 Å². The predicted octanol–water partition coefficient (Wildman–Crippen LogP) is 3.25. The normalized spacial score (nSPS) is 14.5. The number of hydrogen-bond donors (Lipinski definition) is 1. The van der Waals surface area contributed by atoms with E-state index in [0.29, 0.717) is 0 Å². The molecule has 1 aliphatic rings. The molecule has 0 unspecified atom stereocenters. The standard InChI is InChI=1S/C17H21NO3S/c1-2-15(10-19)18(8-13-6-7-22-11-13)9-14-4-3-5-16-17(14)21-12-20-16/h3-7,11,15,19H,2,8-10,12H2,1H3/t15-/m0/s1. The van der Waals surface area contributed by atoms with Gasteiger partial charge in [0.05, 0.1) is 6.61 Å². The monoisotopic (exact) mass is 319 g/mol. The fourth-order valence-electron chi connectivity index (χ4n) is 2.77. The Hall–Kier alpha value is -1.56. The summed E-state index contributed by atoms with van der Waals surface area (Å²) in [5.74, 6) is 1.65. The second kappa shape index (κ2) is 7.13. The summed E-state index contributed by atoms with van der Waals surface area (Å²) in [6.45, 7) is 4.12. The molecule has 0 aliphatic carbocycles. The summed E-state index contributed by atoms with van der Waals surface area (Å²) in [6.07, 6.45) is 0.910. The van der Waals surface area contributed by atoms with E-state index in [1.807, 2.05) is 12.1 Å². The van der Waals surface area contributed by atoms with Crippen molar-refractivity contribution in [2.75, 3.05) is 13.4 Å². The number of aliphatic hydroxyl groups is 1. The predicted molar refractivity (Wildman–Crippen MR) is 87.3 cm³/mol. The van der Waals surface area contributed by atoms with Crippen molar-refractivity contribution in [3.8, 4) is 11.5 Å². The molecule has 4 nitrogen and oxygen atoms in total. The Morgan fingerprint density at radius 1 is 1.27 bits per heavy atom. The van der Waals surface area contributed by atoms with Gasteiger partial charge in [0.15, 0.2) is 11.5 Å². The summed E-state index contributed by atoms with van der Waals surface area (Å²) in [4.78, 5) is 2.30. The van der Waals surface area contributed by atoms with Crippen LogP contribution in [-0.2, 0) is 13.1 Å². The van der Waals surface area contributed by atoms with Gasteiger partial charge < -0.3 is 14.6 Å². The van der Waals surface area contributed by atoms with Crippen LogP contribution in [0.5, 0.6) is 11.5 Å². The summed E-state index contributed by atoms with van der Waals surface area (Å²) in [7, 11) is 0. The van der Waals surface area contributed by atoms with Crippen LogP contribution in [0.4, 0.5) is 0 Å². The lowest BCUT2D eigenvalue weighted by molar-refractivity contribution is 0.105. The van der Waals surface area contributed by atoms with Gasteiger partial charge in [-0.05, 0) is 34.9 Å². The zero-order valence-corrected chi connectivity index (χ0v) is 13.5. The van der Waals surface area contributed by atoms with E-state index in [1.165, 1.54) is 5.56 Å². The number of rotatable bonds is 7. The lowest BCUT2D eigenvalue weighted by Gasteiger charge is -2.30. The van der Waals surface area contributed by atoms with Gasteiger partial charge in [0.1, 0.15) is 0 Å². The van der Waals surface area contributed by atoms with E-state index in [-0.39, 0.29) is 19.4 Å². The molecule has 2 aromatic rings. The van der Waals surface area contributed by atoms with Crippen molar-refractivity contribution in [1.29, 1.82) is 0 Å². The molecule has 1 aromatic heterocycles. The number of hydrogen-bond acceptors (Lipinski definition) is 5. The molecular formula is C17H21NO3S. The van der Waals surface area contributed by atoms with Crippen LogP contribution in [0.2, 0.25) is 0 Å². The first-order valence-electron chi connectivity index (χ1n) is 7.55. The number of thiophene rings is 1. The highest BCUT2D eigenvalue weighted by Crippen LogP contribution is 2.36. The number of ether oxygens (including phenoxy) is 2. The minimum Gasteiger partial charge on any atom is -0.454 e. The molecule has 0 saturated heterocycles. The SMILES string of the molecule is CC[C@@H](CO)N(Cc1ccsc1)Cc1cccc2c1OCO2. The Labute approximate surface area is 134 Å². The number of nitrogens with zero attached hydrogens (tertiary/aromatic N) is 1. The molecule has 2 heterocycles. The average molecular weight is 319 g/mol. The number of benzene rings is 1. The van der Waals surface area contributed by atoms with Crippen molar-refractivity contribution in [2.45, 2.75) is 32.5 Å². The Morgan fingerprint density at radius 2 is 2.18 bits per heavy atom. The van der Waals surface area contributed by atoms with Crippen LogP contribution in [0.3, 0.4) is 0 Å². The molecule has 0 fully saturated rings. The molecule has 118 valence electrons. The van der Waals surface area contributed by atoms with Gasteiger partial charge in [-0.15, -0.1) is 0 Å². The molecule has 1 N–H and O–H groups in total. The van der Waals surface area contributed by atoms with Crippen LogP contribution in [0, 0.1) is 0 Å². The third-order valence-corrected chi connectivity index (χ3v) is 4.75. The van der Waals surface area contributed by atoms with Gasteiger partial charge in [-0.2, -0.15) is 11.3 Å². The summed E-state index contributed by atoms with van der Waals surface area (Å²) in [5, 5.41) is 13.9. The molecule has 0 amide bonds.